The Kier molecular flexibility index (Phi) is 2.70. The average Bonchev–Trinajstić information content (AvgIpc) is 1.38. The lowest BCUT2D eigenvalue weighted by atomic mass is 10.5. The molecule has 0 saturated heterocycles. The molecule has 5 heavy (non-hydrogen) atoms. The van der Waals surface area contributed by atoms with Gasteiger partial charge >= 0.3 is 0 Å². The predicted molar refractivity (Wildman–Crippen MR) is 27.3 cm³/mol. The van der Waals surface area contributed by atoms with Crippen LogP contribution in [0.15, 0.2) is 0 Å². The van der Waals surface area contributed by atoms with Gasteiger partial charge in [0.15, 0.2) is 0 Å². The molecule has 0 bridgehead atoms. The van der Waals surface area contributed by atoms with Crippen molar-refractivity contribution in [3.8, 4) is 0 Å². The molecule has 0 unspecified atom stereocenters. The van der Waals surface area contributed by atoms with Gasteiger partial charge in [0, 0.05) is 5.37 Å². The summed E-state index contributed by atoms with van der Waals surface area (Å²) in [5.41, 5.74) is 5.16. The molecule has 0 rings (SSSR count). The van der Waals surface area contributed by atoms with Crippen molar-refractivity contribution in [2.45, 2.75) is 18.7 Å². The lowest BCUT2D eigenvalue weighted by molar-refractivity contribution is 0.876. The van der Waals surface area contributed by atoms with Crippen LogP contribution in [0.5, 0.6) is 0 Å². The highest BCUT2D eigenvalue weighted by Crippen LogP contribution is 1.86. The molecule has 1 nitrogen and oxygen atoms in total. The summed E-state index contributed by atoms with van der Waals surface area (Å²) < 4.78 is 0. The molecule has 0 aliphatic heterocycles. The van der Waals surface area contributed by atoms with Crippen LogP contribution in [0.3, 0.4) is 0 Å². The maximum atomic E-state index is 5.16. The summed E-state index contributed by atoms with van der Waals surface area (Å²) in [6.07, 6.45) is 0.948. The van der Waals surface area contributed by atoms with E-state index in [1.165, 1.54) is 0 Å². The fraction of sp³-hybridized carbons (Fsp3) is 1.00. The summed E-state index contributed by atoms with van der Waals surface area (Å²) >= 11 is 3.88. The minimum absolute atomic E-state index is 0.0787. The third-order valence-corrected chi connectivity index (χ3v) is 0.783. The van der Waals surface area contributed by atoms with E-state index in [0.717, 1.165) is 6.42 Å². The van der Waals surface area contributed by atoms with Gasteiger partial charge in [-0.15, -0.1) is 0 Å². The van der Waals surface area contributed by atoms with Gasteiger partial charge in [-0.05, 0) is 6.42 Å². The van der Waals surface area contributed by atoms with Crippen LogP contribution >= 0.6 is 12.6 Å². The number of hydrogen-bond acceptors (Lipinski definition) is 2. The van der Waals surface area contributed by atoms with Crippen molar-refractivity contribution in [2.75, 3.05) is 0 Å². The first-order valence-corrected chi connectivity index (χ1v) is 2.22. The van der Waals surface area contributed by atoms with Gasteiger partial charge in [0.05, 0.1) is 0 Å². The van der Waals surface area contributed by atoms with Crippen LogP contribution < -0.4 is 5.73 Å². The molecule has 0 fully saturated rings. The van der Waals surface area contributed by atoms with E-state index in [2.05, 4.69) is 12.6 Å². The zero-order valence-electron chi connectivity index (χ0n) is 3.31. The quantitative estimate of drug-likeness (QED) is 0.359. The molecule has 0 saturated carbocycles. The summed E-state index contributed by atoms with van der Waals surface area (Å²) in [7, 11) is 0. The van der Waals surface area contributed by atoms with Gasteiger partial charge in [-0.2, -0.15) is 12.6 Å². The molecule has 2 N–H and O–H groups in total. The molecule has 0 heterocycles. The van der Waals surface area contributed by atoms with Crippen LogP contribution in [0.2, 0.25) is 0 Å². The van der Waals surface area contributed by atoms with Gasteiger partial charge in [0.25, 0.3) is 0 Å². The Balaban J connectivity index is 2.54. The van der Waals surface area contributed by atoms with Crippen molar-refractivity contribution in [2.24, 2.45) is 5.73 Å². The highest BCUT2D eigenvalue weighted by atomic mass is 32.1. The van der Waals surface area contributed by atoms with Crippen molar-refractivity contribution in [1.82, 2.24) is 0 Å². The summed E-state index contributed by atoms with van der Waals surface area (Å²) in [5.74, 6) is 0. The molecule has 0 amide bonds. The van der Waals surface area contributed by atoms with E-state index in [-0.39, 0.29) is 5.37 Å². The van der Waals surface area contributed by atoms with Gasteiger partial charge in [-0.1, -0.05) is 6.92 Å². The highest BCUT2D eigenvalue weighted by molar-refractivity contribution is 7.80. The van der Waals surface area contributed by atoms with Crippen molar-refractivity contribution in [1.29, 1.82) is 0 Å². The third kappa shape index (κ3) is 4.31. The lowest BCUT2D eigenvalue weighted by Crippen LogP contribution is -2.08. The number of nitrogens with two attached hydrogens (primary N) is 1. The third-order valence-electron chi connectivity index (χ3n) is 0.418. The van der Waals surface area contributed by atoms with Crippen molar-refractivity contribution >= 4 is 12.6 Å². The van der Waals surface area contributed by atoms with E-state index in [0.29, 0.717) is 0 Å². The molecule has 0 aliphatic carbocycles. The Bertz CT molecular complexity index is 20.9. The Morgan fingerprint density at radius 3 is 2.20 bits per heavy atom. The molecule has 1 atom stereocenters. The van der Waals surface area contributed by atoms with Crippen LogP contribution in [0.4, 0.5) is 0 Å². The number of hydrogen-bond donors (Lipinski definition) is 2. The highest BCUT2D eigenvalue weighted by Gasteiger charge is 1.80. The molecule has 32 valence electrons. The molecule has 0 radical (unpaired) electrons. The molecule has 0 aromatic heterocycles. The Morgan fingerprint density at radius 2 is 2.20 bits per heavy atom. The van der Waals surface area contributed by atoms with Crippen LogP contribution in [0.25, 0.3) is 0 Å². The van der Waals surface area contributed by atoms with Crippen molar-refractivity contribution in [3.05, 3.63) is 0 Å². The first-order valence-electron chi connectivity index (χ1n) is 1.71. The molecule has 0 aliphatic rings. The van der Waals surface area contributed by atoms with E-state index in [1.807, 2.05) is 6.92 Å². The molecule has 2 heteroatoms. The standard InChI is InChI=1S/C3H9NS/c1-2-3(4)5/h3,5H,2,4H2,1H3/t3-/m1/s1. The minimum Gasteiger partial charge on any atom is -0.320 e. The summed E-state index contributed by atoms with van der Waals surface area (Å²) in [6.45, 7) is 2.00. The van der Waals surface area contributed by atoms with Crippen LogP contribution in [-0.2, 0) is 0 Å². The predicted octanol–water partition coefficient (Wildman–Crippen LogP) is 0.611. The van der Waals surface area contributed by atoms with Crippen LogP contribution in [0.1, 0.15) is 13.3 Å². The first-order chi connectivity index (χ1) is 2.27. The van der Waals surface area contributed by atoms with Crippen molar-refractivity contribution < 1.29 is 0 Å². The van der Waals surface area contributed by atoms with Gasteiger partial charge in [-0.25, -0.2) is 0 Å². The summed E-state index contributed by atoms with van der Waals surface area (Å²) in [4.78, 5) is 0. The fourth-order valence-corrected chi connectivity index (χ4v) is 0. The van der Waals surface area contributed by atoms with Gasteiger partial charge < -0.3 is 5.73 Å². The van der Waals surface area contributed by atoms with E-state index < -0.39 is 0 Å². The zero-order valence-corrected chi connectivity index (χ0v) is 4.20. The molecular weight excluding hydrogens is 82.1 g/mol. The van der Waals surface area contributed by atoms with Crippen LogP contribution in [0, 0.1) is 0 Å². The maximum absolute atomic E-state index is 5.16. The van der Waals surface area contributed by atoms with E-state index in [9.17, 15) is 0 Å². The SMILES string of the molecule is CC[C@H](N)S. The monoisotopic (exact) mass is 91.0 g/mol. The van der Waals surface area contributed by atoms with Gasteiger partial charge in [0.1, 0.15) is 0 Å². The maximum Gasteiger partial charge on any atom is 0.0474 e. The van der Waals surface area contributed by atoms with Crippen LogP contribution in [-0.4, -0.2) is 5.37 Å². The molecular formula is C3H9NS. The van der Waals surface area contributed by atoms with E-state index >= 15 is 0 Å². The van der Waals surface area contributed by atoms with Gasteiger partial charge in [0.2, 0.25) is 0 Å². The second-order valence-corrected chi connectivity index (χ2v) is 1.64. The van der Waals surface area contributed by atoms with Gasteiger partial charge in [-0.3, -0.25) is 0 Å². The number of thiol groups is 1. The Morgan fingerprint density at radius 1 is 2.00 bits per heavy atom. The molecule has 0 aromatic rings. The topological polar surface area (TPSA) is 26.0 Å². The lowest BCUT2D eigenvalue weighted by Gasteiger charge is -1.91. The zero-order chi connectivity index (χ0) is 4.28. The normalized spacial score (nSPS) is 15.0. The second-order valence-electron chi connectivity index (χ2n) is 0.976. The average molecular weight is 91.2 g/mol. The second kappa shape index (κ2) is 2.54. The summed E-state index contributed by atoms with van der Waals surface area (Å²) in [6, 6.07) is 0. The Labute approximate surface area is 38.0 Å². The summed E-state index contributed by atoms with van der Waals surface area (Å²) in [5, 5.41) is 0.0787. The largest absolute Gasteiger partial charge is 0.320 e. The fourth-order valence-electron chi connectivity index (χ4n) is 0. The van der Waals surface area contributed by atoms with Crippen molar-refractivity contribution in [3.63, 3.8) is 0 Å². The Hall–Kier alpha value is 0.310. The van der Waals surface area contributed by atoms with E-state index in [4.69, 9.17) is 5.73 Å². The number of rotatable bonds is 1. The minimum atomic E-state index is 0.0787. The van der Waals surface area contributed by atoms with E-state index in [1.54, 1.807) is 0 Å². The smallest absolute Gasteiger partial charge is 0.0474 e. The molecule has 0 aromatic carbocycles. The first kappa shape index (κ1) is 5.31. The molecule has 0 spiro atoms.